The van der Waals surface area contributed by atoms with Crippen LogP contribution in [0.2, 0.25) is 0 Å². The molecule has 2 rings (SSSR count). The van der Waals surface area contributed by atoms with Gasteiger partial charge in [0.2, 0.25) is 5.88 Å². The normalized spacial score (nSPS) is 10.7. The van der Waals surface area contributed by atoms with Crippen LogP contribution in [0.25, 0.3) is 10.9 Å². The summed E-state index contributed by atoms with van der Waals surface area (Å²) in [6.45, 7) is 2.22. The summed E-state index contributed by atoms with van der Waals surface area (Å²) in [4.78, 5) is 15.1. The number of rotatable bonds is 4. The lowest BCUT2D eigenvalue weighted by molar-refractivity contribution is 0.0691. The van der Waals surface area contributed by atoms with Gasteiger partial charge in [0.25, 0.3) is 0 Å². The molecule has 0 atom stereocenters. The lowest BCUT2D eigenvalue weighted by Gasteiger charge is -2.09. The van der Waals surface area contributed by atoms with Crippen LogP contribution >= 0.6 is 15.9 Å². The number of ether oxygens (including phenoxy) is 1. The largest absolute Gasteiger partial charge is 0.477 e. The number of halogens is 2. The van der Waals surface area contributed by atoms with Crippen LogP contribution < -0.4 is 4.74 Å². The molecule has 1 N–H and O–H groups in total. The fraction of sp³-hybridized carbons (Fsp3) is 0.231. The number of benzene rings is 1. The standard InChI is InChI=1S/C13H11BrFNO3/c1-2-3-19-12-9(13(17)18)5-7-4-8(14)6-10(15)11(7)16-12/h4-6H,2-3H2,1H3,(H,17,18). The second kappa shape index (κ2) is 5.52. The first-order valence-electron chi connectivity index (χ1n) is 5.68. The second-order valence-electron chi connectivity index (χ2n) is 3.95. The molecular weight excluding hydrogens is 317 g/mol. The predicted molar refractivity (Wildman–Crippen MR) is 72.1 cm³/mol. The van der Waals surface area contributed by atoms with E-state index >= 15 is 0 Å². The van der Waals surface area contributed by atoms with Gasteiger partial charge in [-0.15, -0.1) is 0 Å². The third kappa shape index (κ3) is 2.84. The van der Waals surface area contributed by atoms with Gasteiger partial charge in [-0.1, -0.05) is 22.9 Å². The van der Waals surface area contributed by atoms with Crippen LogP contribution in [0.3, 0.4) is 0 Å². The Morgan fingerprint density at radius 3 is 2.84 bits per heavy atom. The Kier molecular flexibility index (Phi) is 3.99. The summed E-state index contributed by atoms with van der Waals surface area (Å²) in [5.74, 6) is -1.73. The molecule has 2 aromatic rings. The summed E-state index contributed by atoms with van der Waals surface area (Å²) >= 11 is 3.16. The third-order valence-corrected chi connectivity index (χ3v) is 2.93. The van der Waals surface area contributed by atoms with Gasteiger partial charge in [-0.2, -0.15) is 0 Å². The van der Waals surface area contributed by atoms with Crippen LogP contribution in [0, 0.1) is 5.82 Å². The second-order valence-corrected chi connectivity index (χ2v) is 4.87. The van der Waals surface area contributed by atoms with Crippen LogP contribution in [0.5, 0.6) is 5.88 Å². The van der Waals surface area contributed by atoms with Gasteiger partial charge in [-0.25, -0.2) is 14.2 Å². The summed E-state index contributed by atoms with van der Waals surface area (Å²) in [5, 5.41) is 9.55. The molecule has 0 aliphatic rings. The van der Waals surface area contributed by atoms with E-state index in [1.165, 1.54) is 12.1 Å². The number of carbonyl (C=O) groups is 1. The SMILES string of the molecule is CCCOc1nc2c(F)cc(Br)cc2cc1C(=O)O. The average molecular weight is 328 g/mol. The van der Waals surface area contributed by atoms with Crippen molar-refractivity contribution in [1.29, 1.82) is 0 Å². The van der Waals surface area contributed by atoms with E-state index < -0.39 is 11.8 Å². The molecule has 0 aliphatic heterocycles. The minimum Gasteiger partial charge on any atom is -0.477 e. The Morgan fingerprint density at radius 1 is 1.47 bits per heavy atom. The number of pyridine rings is 1. The highest BCUT2D eigenvalue weighted by atomic mass is 79.9. The van der Waals surface area contributed by atoms with Crippen LogP contribution in [0.15, 0.2) is 22.7 Å². The minimum absolute atomic E-state index is 0.0527. The molecule has 1 aromatic carbocycles. The number of fused-ring (bicyclic) bond motifs is 1. The van der Waals surface area contributed by atoms with E-state index in [0.29, 0.717) is 22.9 Å². The van der Waals surface area contributed by atoms with Crippen molar-refractivity contribution in [3.63, 3.8) is 0 Å². The smallest absolute Gasteiger partial charge is 0.341 e. The highest BCUT2D eigenvalue weighted by Crippen LogP contribution is 2.27. The van der Waals surface area contributed by atoms with Gasteiger partial charge < -0.3 is 9.84 Å². The van der Waals surface area contributed by atoms with Gasteiger partial charge >= 0.3 is 5.97 Å². The monoisotopic (exact) mass is 327 g/mol. The third-order valence-electron chi connectivity index (χ3n) is 2.47. The number of aromatic nitrogens is 1. The molecular formula is C13H11BrFNO3. The van der Waals surface area contributed by atoms with Gasteiger partial charge in [-0.05, 0) is 24.6 Å². The first kappa shape index (κ1) is 13.7. The van der Waals surface area contributed by atoms with Crippen LogP contribution in [0.4, 0.5) is 4.39 Å². The molecule has 19 heavy (non-hydrogen) atoms. The van der Waals surface area contributed by atoms with Crippen molar-refractivity contribution in [2.24, 2.45) is 0 Å². The first-order chi connectivity index (χ1) is 9.02. The van der Waals surface area contributed by atoms with Gasteiger partial charge in [0.15, 0.2) is 5.82 Å². The molecule has 4 nitrogen and oxygen atoms in total. The molecule has 0 spiro atoms. The maximum Gasteiger partial charge on any atom is 0.341 e. The molecule has 0 aliphatic carbocycles. The maximum atomic E-state index is 13.8. The van der Waals surface area contributed by atoms with Crippen molar-refractivity contribution in [2.45, 2.75) is 13.3 Å². The van der Waals surface area contributed by atoms with Crippen molar-refractivity contribution in [3.8, 4) is 5.88 Å². The lowest BCUT2D eigenvalue weighted by Crippen LogP contribution is -2.06. The van der Waals surface area contributed by atoms with E-state index in [2.05, 4.69) is 20.9 Å². The molecule has 0 saturated carbocycles. The van der Waals surface area contributed by atoms with Gasteiger partial charge in [0.05, 0.1) is 6.61 Å². The van der Waals surface area contributed by atoms with E-state index in [1.54, 1.807) is 6.07 Å². The van der Waals surface area contributed by atoms with Crippen molar-refractivity contribution >= 4 is 32.8 Å². The molecule has 0 radical (unpaired) electrons. The molecule has 0 amide bonds. The van der Waals surface area contributed by atoms with Crippen molar-refractivity contribution in [2.75, 3.05) is 6.61 Å². The Bertz CT molecular complexity index is 645. The average Bonchev–Trinajstić information content (AvgIpc) is 2.35. The Balaban J connectivity index is 2.65. The lowest BCUT2D eigenvalue weighted by atomic mass is 10.1. The molecule has 1 aromatic heterocycles. The first-order valence-corrected chi connectivity index (χ1v) is 6.48. The molecule has 0 unspecified atom stereocenters. The van der Waals surface area contributed by atoms with E-state index in [9.17, 15) is 9.18 Å². The predicted octanol–water partition coefficient (Wildman–Crippen LogP) is 3.62. The zero-order chi connectivity index (χ0) is 14.0. The Labute approximate surface area is 117 Å². The minimum atomic E-state index is -1.15. The highest BCUT2D eigenvalue weighted by molar-refractivity contribution is 9.10. The molecule has 0 saturated heterocycles. The van der Waals surface area contributed by atoms with Crippen molar-refractivity contribution < 1.29 is 19.0 Å². The van der Waals surface area contributed by atoms with E-state index in [1.807, 2.05) is 6.92 Å². The molecule has 1 heterocycles. The summed E-state index contributed by atoms with van der Waals surface area (Å²) in [6, 6.07) is 4.25. The molecule has 0 bridgehead atoms. The Morgan fingerprint density at radius 2 is 2.21 bits per heavy atom. The molecule has 6 heteroatoms. The highest BCUT2D eigenvalue weighted by Gasteiger charge is 2.16. The molecule has 100 valence electrons. The fourth-order valence-corrected chi connectivity index (χ4v) is 2.10. The zero-order valence-electron chi connectivity index (χ0n) is 10.1. The summed E-state index contributed by atoms with van der Waals surface area (Å²) in [5.41, 5.74) is 0.0257. The molecule has 0 fully saturated rings. The Hall–Kier alpha value is -1.69. The maximum absolute atomic E-state index is 13.8. The van der Waals surface area contributed by atoms with Crippen LogP contribution in [-0.2, 0) is 0 Å². The van der Waals surface area contributed by atoms with Crippen molar-refractivity contribution in [3.05, 3.63) is 34.1 Å². The fourth-order valence-electron chi connectivity index (χ4n) is 1.65. The summed E-state index contributed by atoms with van der Waals surface area (Å²) in [6.07, 6.45) is 0.710. The quantitative estimate of drug-likeness (QED) is 0.931. The number of carboxylic acids is 1. The number of nitrogens with zero attached hydrogens (tertiary/aromatic N) is 1. The number of carboxylic acid groups (broad SMARTS) is 1. The zero-order valence-corrected chi connectivity index (χ0v) is 11.7. The van der Waals surface area contributed by atoms with Crippen LogP contribution in [-0.4, -0.2) is 22.7 Å². The van der Waals surface area contributed by atoms with Gasteiger partial charge in [-0.3, -0.25) is 0 Å². The van der Waals surface area contributed by atoms with E-state index in [-0.39, 0.29) is 17.0 Å². The number of hydrogen-bond acceptors (Lipinski definition) is 3. The summed E-state index contributed by atoms with van der Waals surface area (Å²) in [7, 11) is 0. The van der Waals surface area contributed by atoms with Crippen molar-refractivity contribution in [1.82, 2.24) is 4.98 Å². The summed E-state index contributed by atoms with van der Waals surface area (Å²) < 4.78 is 19.6. The number of aromatic carboxylic acids is 1. The van der Waals surface area contributed by atoms with Crippen LogP contribution in [0.1, 0.15) is 23.7 Å². The van der Waals surface area contributed by atoms with E-state index in [0.717, 1.165) is 0 Å². The van der Waals surface area contributed by atoms with Gasteiger partial charge in [0.1, 0.15) is 11.1 Å². The van der Waals surface area contributed by atoms with E-state index in [4.69, 9.17) is 9.84 Å². The number of hydrogen-bond donors (Lipinski definition) is 1. The van der Waals surface area contributed by atoms with Gasteiger partial charge in [0, 0.05) is 9.86 Å². The topological polar surface area (TPSA) is 59.4 Å².